The maximum atomic E-state index is 11.8. The second kappa shape index (κ2) is 8.64. The van der Waals surface area contributed by atoms with Crippen LogP contribution in [0.1, 0.15) is 22.2 Å². The van der Waals surface area contributed by atoms with Crippen molar-refractivity contribution in [3.05, 3.63) is 56.7 Å². The Morgan fingerprint density at radius 2 is 2.00 bits per heavy atom. The number of benzene rings is 1. The molecule has 0 saturated carbocycles. The van der Waals surface area contributed by atoms with Crippen molar-refractivity contribution in [2.75, 3.05) is 13.2 Å². The van der Waals surface area contributed by atoms with E-state index in [0.717, 1.165) is 9.35 Å². The number of halogens is 1. The van der Waals surface area contributed by atoms with Crippen molar-refractivity contribution in [2.24, 2.45) is 0 Å². The second-order valence-corrected chi connectivity index (χ2v) is 6.90. The van der Waals surface area contributed by atoms with Gasteiger partial charge in [0.25, 0.3) is 0 Å². The molecule has 1 aromatic carbocycles. The number of carbonyl (C=O) groups is 2. The van der Waals surface area contributed by atoms with Crippen LogP contribution in [0.5, 0.6) is 5.75 Å². The third-order valence-corrected chi connectivity index (χ3v) is 4.48. The van der Waals surface area contributed by atoms with Crippen molar-refractivity contribution >= 4 is 45.1 Å². The molecule has 0 aliphatic rings. The number of thiophene rings is 1. The van der Waals surface area contributed by atoms with Crippen LogP contribution in [0.4, 0.5) is 0 Å². The molecule has 0 aliphatic carbocycles. The fraction of sp³-hybridized carbons (Fsp3) is 0.176. The summed E-state index contributed by atoms with van der Waals surface area (Å²) in [7, 11) is 0. The summed E-state index contributed by atoms with van der Waals surface area (Å²) in [5, 5.41) is 0. The third kappa shape index (κ3) is 5.33. The molecule has 0 fully saturated rings. The van der Waals surface area contributed by atoms with E-state index in [4.69, 9.17) is 9.47 Å². The smallest absolute Gasteiger partial charge is 0.331 e. The van der Waals surface area contributed by atoms with E-state index >= 15 is 0 Å². The molecule has 1 aromatic heterocycles. The van der Waals surface area contributed by atoms with Crippen LogP contribution < -0.4 is 4.74 Å². The molecule has 0 aliphatic heterocycles. The second-order valence-electron chi connectivity index (χ2n) is 4.44. The predicted molar refractivity (Wildman–Crippen MR) is 94.0 cm³/mol. The lowest BCUT2D eigenvalue weighted by Gasteiger charge is -2.06. The van der Waals surface area contributed by atoms with E-state index in [9.17, 15) is 9.59 Å². The number of esters is 1. The van der Waals surface area contributed by atoms with Gasteiger partial charge in [-0.2, -0.15) is 0 Å². The van der Waals surface area contributed by atoms with Gasteiger partial charge in [0, 0.05) is 11.6 Å². The number of para-hydroxylation sites is 1. The van der Waals surface area contributed by atoms with Crippen molar-refractivity contribution < 1.29 is 19.1 Å². The number of Topliss-reactive ketones (excluding diaryl/α,β-unsaturated/α-hetero) is 1. The summed E-state index contributed by atoms with van der Waals surface area (Å²) < 4.78 is 11.3. The lowest BCUT2D eigenvalue weighted by molar-refractivity contribution is -0.136. The predicted octanol–water partition coefficient (Wildman–Crippen LogP) is 4.35. The monoisotopic (exact) mass is 394 g/mol. The number of rotatable bonds is 7. The molecule has 0 N–H and O–H groups in total. The quantitative estimate of drug-likeness (QED) is 0.398. The number of ketones is 1. The molecule has 120 valence electrons. The number of hydrogen-bond donors (Lipinski definition) is 0. The van der Waals surface area contributed by atoms with Gasteiger partial charge in [-0.3, -0.25) is 4.79 Å². The molecule has 0 unspecified atom stereocenters. The molecule has 23 heavy (non-hydrogen) atoms. The summed E-state index contributed by atoms with van der Waals surface area (Å²) >= 11 is 4.59. The van der Waals surface area contributed by atoms with Crippen molar-refractivity contribution in [1.82, 2.24) is 0 Å². The van der Waals surface area contributed by atoms with Crippen molar-refractivity contribution in [2.45, 2.75) is 6.92 Å². The zero-order chi connectivity index (χ0) is 16.7. The molecule has 2 aromatic rings. The van der Waals surface area contributed by atoms with Crippen molar-refractivity contribution in [3.63, 3.8) is 0 Å². The summed E-state index contributed by atoms with van der Waals surface area (Å²) in [6.45, 7) is 2.16. The van der Waals surface area contributed by atoms with Crippen LogP contribution in [-0.4, -0.2) is 25.0 Å². The lowest BCUT2D eigenvalue weighted by atomic mass is 10.2. The molecule has 0 atom stereocenters. The summed E-state index contributed by atoms with van der Waals surface area (Å²) in [5.74, 6) is -0.101. The Morgan fingerprint density at radius 1 is 1.22 bits per heavy atom. The standard InChI is InChI=1S/C17H15BrO4S/c1-2-21-14-6-4-3-5-12(14)7-10-17(20)22-11-13(19)15-8-9-16(18)23-15/h3-10H,2,11H2,1H3/b10-7+. The highest BCUT2D eigenvalue weighted by Crippen LogP contribution is 2.22. The van der Waals surface area contributed by atoms with Gasteiger partial charge >= 0.3 is 5.97 Å². The van der Waals surface area contributed by atoms with E-state index in [1.165, 1.54) is 17.4 Å². The van der Waals surface area contributed by atoms with Crippen LogP contribution in [0, 0.1) is 0 Å². The van der Waals surface area contributed by atoms with Crippen LogP contribution in [0.15, 0.2) is 46.3 Å². The van der Waals surface area contributed by atoms with Gasteiger partial charge in [0.2, 0.25) is 5.78 Å². The van der Waals surface area contributed by atoms with Gasteiger partial charge in [0.05, 0.1) is 15.3 Å². The fourth-order valence-electron chi connectivity index (χ4n) is 1.78. The largest absolute Gasteiger partial charge is 0.493 e. The van der Waals surface area contributed by atoms with Gasteiger partial charge in [-0.1, -0.05) is 18.2 Å². The van der Waals surface area contributed by atoms with Gasteiger partial charge in [-0.25, -0.2) is 4.79 Å². The fourth-order valence-corrected chi connectivity index (χ4v) is 3.09. The minimum Gasteiger partial charge on any atom is -0.493 e. The molecule has 4 nitrogen and oxygen atoms in total. The molecular formula is C17H15BrO4S. The number of carbonyl (C=O) groups excluding carboxylic acids is 2. The van der Waals surface area contributed by atoms with E-state index in [2.05, 4.69) is 15.9 Å². The minimum atomic E-state index is -0.569. The Morgan fingerprint density at radius 3 is 2.70 bits per heavy atom. The van der Waals surface area contributed by atoms with E-state index in [-0.39, 0.29) is 12.4 Å². The highest BCUT2D eigenvalue weighted by molar-refractivity contribution is 9.11. The number of hydrogen-bond acceptors (Lipinski definition) is 5. The first-order valence-electron chi connectivity index (χ1n) is 6.95. The van der Waals surface area contributed by atoms with E-state index in [1.54, 1.807) is 18.2 Å². The van der Waals surface area contributed by atoms with Crippen LogP contribution in [0.25, 0.3) is 6.08 Å². The molecule has 6 heteroatoms. The topological polar surface area (TPSA) is 52.6 Å². The summed E-state index contributed by atoms with van der Waals surface area (Å²) in [6.07, 6.45) is 2.90. The van der Waals surface area contributed by atoms with E-state index in [0.29, 0.717) is 17.2 Å². The van der Waals surface area contributed by atoms with Gasteiger partial charge in [0.1, 0.15) is 5.75 Å². The molecule has 2 rings (SSSR count). The Labute approximate surface area is 146 Å². The Balaban J connectivity index is 1.91. The molecule has 0 spiro atoms. The van der Waals surface area contributed by atoms with Crippen LogP contribution in [0.3, 0.4) is 0 Å². The zero-order valence-electron chi connectivity index (χ0n) is 12.5. The Hall–Kier alpha value is -1.92. The summed E-state index contributed by atoms with van der Waals surface area (Å²) in [5.41, 5.74) is 0.778. The lowest BCUT2D eigenvalue weighted by Crippen LogP contribution is -2.11. The third-order valence-electron chi connectivity index (χ3n) is 2.81. The molecular weight excluding hydrogens is 380 g/mol. The van der Waals surface area contributed by atoms with Gasteiger partial charge in [-0.05, 0) is 47.1 Å². The summed E-state index contributed by atoms with van der Waals surface area (Å²) in [6, 6.07) is 10.9. The average Bonchev–Trinajstić information content (AvgIpc) is 2.98. The summed E-state index contributed by atoms with van der Waals surface area (Å²) in [4.78, 5) is 24.1. The highest BCUT2D eigenvalue weighted by atomic mass is 79.9. The van der Waals surface area contributed by atoms with Crippen LogP contribution in [0.2, 0.25) is 0 Å². The maximum absolute atomic E-state index is 11.8. The maximum Gasteiger partial charge on any atom is 0.331 e. The molecule has 1 heterocycles. The number of ether oxygens (including phenoxy) is 2. The molecule has 0 bridgehead atoms. The van der Waals surface area contributed by atoms with E-state index < -0.39 is 5.97 Å². The van der Waals surface area contributed by atoms with E-state index in [1.807, 2.05) is 31.2 Å². The van der Waals surface area contributed by atoms with Gasteiger partial charge in [0.15, 0.2) is 6.61 Å². The Bertz CT molecular complexity index is 721. The van der Waals surface area contributed by atoms with Gasteiger partial charge in [-0.15, -0.1) is 11.3 Å². The van der Waals surface area contributed by atoms with Crippen molar-refractivity contribution in [3.8, 4) is 5.75 Å². The molecule has 0 radical (unpaired) electrons. The molecule has 0 saturated heterocycles. The highest BCUT2D eigenvalue weighted by Gasteiger charge is 2.10. The molecule has 0 amide bonds. The average molecular weight is 395 g/mol. The first-order chi connectivity index (χ1) is 11.1. The van der Waals surface area contributed by atoms with Crippen molar-refractivity contribution in [1.29, 1.82) is 0 Å². The first-order valence-corrected chi connectivity index (χ1v) is 8.56. The SMILES string of the molecule is CCOc1ccccc1/C=C/C(=O)OCC(=O)c1ccc(Br)s1. The normalized spacial score (nSPS) is 10.7. The van der Waals surface area contributed by atoms with Crippen LogP contribution >= 0.6 is 27.3 Å². The van der Waals surface area contributed by atoms with Gasteiger partial charge < -0.3 is 9.47 Å². The minimum absolute atomic E-state index is 0.225. The van der Waals surface area contributed by atoms with Crippen LogP contribution in [-0.2, 0) is 9.53 Å². The first kappa shape index (κ1) is 17.4. The Kier molecular flexibility index (Phi) is 6.55. The zero-order valence-corrected chi connectivity index (χ0v) is 14.9.